The molecule has 0 heterocycles. The summed E-state index contributed by atoms with van der Waals surface area (Å²) in [7, 11) is 0. The standard InChI is InChI=1S/C14H9Cl2FO/c15-11-5-3-6-12(16)10(11)8-14(18)9-4-1-2-7-13(9)17/h1-7H,8H2. The minimum Gasteiger partial charge on any atom is -0.294 e. The number of rotatable bonds is 3. The van der Waals surface area contributed by atoms with E-state index in [0.717, 1.165) is 0 Å². The average Bonchev–Trinajstić information content (AvgIpc) is 2.34. The molecule has 2 aromatic carbocycles. The number of Topliss-reactive ketones (excluding diaryl/α,β-unsaturated/α-hetero) is 1. The van der Waals surface area contributed by atoms with Crippen LogP contribution in [0.4, 0.5) is 4.39 Å². The number of benzene rings is 2. The number of halogens is 3. The van der Waals surface area contributed by atoms with Crippen molar-refractivity contribution < 1.29 is 9.18 Å². The van der Waals surface area contributed by atoms with Gasteiger partial charge in [-0.1, -0.05) is 41.4 Å². The lowest BCUT2D eigenvalue weighted by Gasteiger charge is -2.06. The first-order valence-electron chi connectivity index (χ1n) is 5.30. The van der Waals surface area contributed by atoms with Gasteiger partial charge in [-0.3, -0.25) is 4.79 Å². The highest BCUT2D eigenvalue weighted by molar-refractivity contribution is 6.36. The molecule has 0 unspecified atom stereocenters. The van der Waals surface area contributed by atoms with Gasteiger partial charge in [0.05, 0.1) is 5.56 Å². The fourth-order valence-corrected chi connectivity index (χ4v) is 2.18. The number of hydrogen-bond donors (Lipinski definition) is 0. The largest absolute Gasteiger partial charge is 0.294 e. The van der Waals surface area contributed by atoms with Crippen LogP contribution in [0.3, 0.4) is 0 Å². The molecule has 2 aromatic rings. The fourth-order valence-electron chi connectivity index (χ4n) is 1.64. The fraction of sp³-hybridized carbons (Fsp3) is 0.0714. The van der Waals surface area contributed by atoms with Gasteiger partial charge in [-0.2, -0.15) is 0 Å². The molecule has 4 heteroatoms. The Morgan fingerprint density at radius 1 is 1.00 bits per heavy atom. The van der Waals surface area contributed by atoms with Gasteiger partial charge in [0.15, 0.2) is 5.78 Å². The SMILES string of the molecule is O=C(Cc1c(Cl)cccc1Cl)c1ccccc1F. The summed E-state index contributed by atoms with van der Waals surface area (Å²) < 4.78 is 13.5. The molecular weight excluding hydrogens is 274 g/mol. The highest BCUT2D eigenvalue weighted by Crippen LogP contribution is 2.26. The lowest BCUT2D eigenvalue weighted by Crippen LogP contribution is -2.06. The van der Waals surface area contributed by atoms with E-state index < -0.39 is 5.82 Å². The number of ketones is 1. The van der Waals surface area contributed by atoms with Gasteiger partial charge >= 0.3 is 0 Å². The second-order valence-electron chi connectivity index (χ2n) is 3.78. The Morgan fingerprint density at radius 3 is 2.22 bits per heavy atom. The Bertz CT molecular complexity index is 576. The van der Waals surface area contributed by atoms with E-state index in [1.807, 2.05) is 0 Å². The second kappa shape index (κ2) is 5.51. The van der Waals surface area contributed by atoms with Crippen molar-refractivity contribution in [2.75, 3.05) is 0 Å². The van der Waals surface area contributed by atoms with Crippen molar-refractivity contribution in [2.45, 2.75) is 6.42 Å². The Labute approximate surface area is 114 Å². The van der Waals surface area contributed by atoms with Crippen molar-refractivity contribution in [3.05, 3.63) is 69.5 Å². The molecule has 0 bridgehead atoms. The molecule has 18 heavy (non-hydrogen) atoms. The van der Waals surface area contributed by atoms with Crippen LogP contribution in [0, 0.1) is 5.82 Å². The number of hydrogen-bond acceptors (Lipinski definition) is 1. The highest BCUT2D eigenvalue weighted by atomic mass is 35.5. The van der Waals surface area contributed by atoms with Crippen LogP contribution in [0.1, 0.15) is 15.9 Å². The molecule has 0 aliphatic carbocycles. The van der Waals surface area contributed by atoms with Crippen molar-refractivity contribution in [2.24, 2.45) is 0 Å². The predicted molar refractivity (Wildman–Crippen MR) is 70.9 cm³/mol. The topological polar surface area (TPSA) is 17.1 Å². The summed E-state index contributed by atoms with van der Waals surface area (Å²) in [6.45, 7) is 0. The van der Waals surface area contributed by atoms with Gasteiger partial charge in [0.2, 0.25) is 0 Å². The third-order valence-corrected chi connectivity index (χ3v) is 3.28. The molecule has 0 spiro atoms. The Morgan fingerprint density at radius 2 is 1.61 bits per heavy atom. The normalized spacial score (nSPS) is 10.4. The van der Waals surface area contributed by atoms with Gasteiger partial charge in [-0.05, 0) is 29.8 Å². The van der Waals surface area contributed by atoms with Gasteiger partial charge in [-0.15, -0.1) is 0 Å². The summed E-state index contributed by atoms with van der Waals surface area (Å²) in [5.41, 5.74) is 0.572. The molecule has 1 nitrogen and oxygen atoms in total. The molecule has 0 aliphatic rings. The van der Waals surface area contributed by atoms with Crippen molar-refractivity contribution in [1.29, 1.82) is 0 Å². The molecule has 0 atom stereocenters. The molecule has 0 fully saturated rings. The van der Waals surface area contributed by atoms with E-state index in [1.54, 1.807) is 24.3 Å². The van der Waals surface area contributed by atoms with E-state index in [1.165, 1.54) is 18.2 Å². The molecule has 2 rings (SSSR count). The van der Waals surface area contributed by atoms with Crippen LogP contribution < -0.4 is 0 Å². The highest BCUT2D eigenvalue weighted by Gasteiger charge is 2.15. The van der Waals surface area contributed by atoms with Crippen LogP contribution in [-0.4, -0.2) is 5.78 Å². The molecular formula is C14H9Cl2FO. The lowest BCUT2D eigenvalue weighted by atomic mass is 10.0. The summed E-state index contributed by atoms with van der Waals surface area (Å²) in [5.74, 6) is -0.881. The summed E-state index contributed by atoms with van der Waals surface area (Å²) in [5, 5.41) is 0.819. The number of carbonyl (C=O) groups is 1. The zero-order chi connectivity index (χ0) is 13.1. The van der Waals surface area contributed by atoms with Crippen LogP contribution in [0.25, 0.3) is 0 Å². The zero-order valence-corrected chi connectivity index (χ0v) is 10.8. The molecule has 92 valence electrons. The van der Waals surface area contributed by atoms with E-state index in [-0.39, 0.29) is 17.8 Å². The summed E-state index contributed by atoms with van der Waals surface area (Å²) >= 11 is 11.9. The van der Waals surface area contributed by atoms with Crippen LogP contribution in [-0.2, 0) is 6.42 Å². The molecule has 0 aliphatic heterocycles. The van der Waals surface area contributed by atoms with E-state index in [9.17, 15) is 9.18 Å². The van der Waals surface area contributed by atoms with Crippen LogP contribution in [0.5, 0.6) is 0 Å². The van der Waals surface area contributed by atoms with Crippen LogP contribution >= 0.6 is 23.2 Å². The van der Waals surface area contributed by atoms with Gasteiger partial charge in [0.25, 0.3) is 0 Å². The lowest BCUT2D eigenvalue weighted by molar-refractivity contribution is 0.0989. The third kappa shape index (κ3) is 2.71. The van der Waals surface area contributed by atoms with Gasteiger partial charge < -0.3 is 0 Å². The molecule has 0 saturated carbocycles. The van der Waals surface area contributed by atoms with Crippen molar-refractivity contribution >= 4 is 29.0 Å². The number of carbonyl (C=O) groups excluding carboxylic acids is 1. The quantitative estimate of drug-likeness (QED) is 0.755. The Balaban J connectivity index is 2.30. The first kappa shape index (κ1) is 13.1. The predicted octanol–water partition coefficient (Wildman–Crippen LogP) is 4.56. The maximum atomic E-state index is 13.5. The molecule has 0 saturated heterocycles. The second-order valence-corrected chi connectivity index (χ2v) is 4.59. The summed E-state index contributed by atoms with van der Waals surface area (Å²) in [6, 6.07) is 10.8. The van der Waals surface area contributed by atoms with Crippen LogP contribution in [0.15, 0.2) is 42.5 Å². The first-order chi connectivity index (χ1) is 8.59. The van der Waals surface area contributed by atoms with Crippen molar-refractivity contribution in [3.8, 4) is 0 Å². The van der Waals surface area contributed by atoms with E-state index in [0.29, 0.717) is 15.6 Å². The monoisotopic (exact) mass is 282 g/mol. The van der Waals surface area contributed by atoms with Gasteiger partial charge in [0.1, 0.15) is 5.82 Å². The Kier molecular flexibility index (Phi) is 4.00. The Hall–Kier alpha value is -1.38. The first-order valence-corrected chi connectivity index (χ1v) is 6.06. The molecule has 0 radical (unpaired) electrons. The third-order valence-electron chi connectivity index (χ3n) is 2.57. The van der Waals surface area contributed by atoms with E-state index in [2.05, 4.69) is 0 Å². The minimum atomic E-state index is -0.536. The van der Waals surface area contributed by atoms with E-state index in [4.69, 9.17) is 23.2 Å². The molecule has 0 N–H and O–H groups in total. The van der Waals surface area contributed by atoms with Gasteiger partial charge in [-0.25, -0.2) is 4.39 Å². The average molecular weight is 283 g/mol. The maximum absolute atomic E-state index is 13.5. The molecule has 0 amide bonds. The zero-order valence-electron chi connectivity index (χ0n) is 9.29. The van der Waals surface area contributed by atoms with Crippen molar-refractivity contribution in [1.82, 2.24) is 0 Å². The molecule has 0 aromatic heterocycles. The maximum Gasteiger partial charge on any atom is 0.170 e. The van der Waals surface area contributed by atoms with Crippen molar-refractivity contribution in [3.63, 3.8) is 0 Å². The van der Waals surface area contributed by atoms with E-state index >= 15 is 0 Å². The smallest absolute Gasteiger partial charge is 0.170 e. The van der Waals surface area contributed by atoms with Gasteiger partial charge in [0, 0.05) is 16.5 Å². The summed E-state index contributed by atoms with van der Waals surface area (Å²) in [4.78, 5) is 12.0. The minimum absolute atomic E-state index is 0.0144. The van der Waals surface area contributed by atoms with Crippen LogP contribution in [0.2, 0.25) is 10.0 Å². The summed E-state index contributed by atoms with van der Waals surface area (Å²) in [6.07, 6.45) is -0.0144.